The first-order chi connectivity index (χ1) is 8.15. The Labute approximate surface area is 99.1 Å². The van der Waals surface area contributed by atoms with Crippen molar-refractivity contribution in [2.24, 2.45) is 0 Å². The van der Waals surface area contributed by atoms with Gasteiger partial charge in [0.1, 0.15) is 5.82 Å². The largest absolute Gasteiger partial charge is 0.367 e. The van der Waals surface area contributed by atoms with Crippen molar-refractivity contribution in [2.45, 2.75) is 38.6 Å². The number of fused-ring (bicyclic) bond motifs is 1. The summed E-state index contributed by atoms with van der Waals surface area (Å²) in [6, 6.07) is -0.386. The summed E-state index contributed by atoms with van der Waals surface area (Å²) >= 11 is 0. The lowest BCUT2D eigenvalue weighted by atomic mass is 10.1. The fraction of sp³-hybridized carbons (Fsp3) is 0.636. The van der Waals surface area contributed by atoms with E-state index in [-0.39, 0.29) is 23.2 Å². The molecular formula is C11H16N4O2. The number of anilines is 1. The van der Waals surface area contributed by atoms with Gasteiger partial charge in [0.25, 0.3) is 5.56 Å². The molecule has 0 fully saturated rings. The molecule has 1 unspecified atom stereocenters. The molecule has 0 saturated heterocycles. The molecule has 1 aromatic rings. The minimum Gasteiger partial charge on any atom is -0.367 e. The highest BCUT2D eigenvalue weighted by molar-refractivity contribution is 5.80. The quantitative estimate of drug-likeness (QED) is 0.810. The van der Waals surface area contributed by atoms with Crippen molar-refractivity contribution in [1.82, 2.24) is 14.8 Å². The highest BCUT2D eigenvalue weighted by atomic mass is 16.1. The number of rotatable bonds is 2. The van der Waals surface area contributed by atoms with Crippen LogP contribution in [-0.2, 0) is 11.2 Å². The van der Waals surface area contributed by atoms with E-state index in [9.17, 15) is 9.59 Å². The average molecular weight is 236 g/mol. The Morgan fingerprint density at radius 1 is 1.41 bits per heavy atom. The fourth-order valence-corrected chi connectivity index (χ4v) is 2.21. The summed E-state index contributed by atoms with van der Waals surface area (Å²) < 4.78 is 1.51. The highest BCUT2D eigenvalue weighted by Crippen LogP contribution is 2.21. The molecule has 92 valence electrons. The van der Waals surface area contributed by atoms with Gasteiger partial charge in [0.15, 0.2) is 5.78 Å². The smallest absolute Gasteiger partial charge is 0.297 e. The van der Waals surface area contributed by atoms with E-state index in [1.165, 1.54) is 11.5 Å². The second-order valence-electron chi connectivity index (χ2n) is 4.26. The number of aryl methyl sites for hydroxylation is 1. The molecule has 1 atom stereocenters. The number of carbonyl (C=O) groups is 1. The van der Waals surface area contributed by atoms with Crippen LogP contribution in [0.25, 0.3) is 0 Å². The first kappa shape index (κ1) is 11.8. The fourth-order valence-electron chi connectivity index (χ4n) is 2.21. The first-order valence-electron chi connectivity index (χ1n) is 5.81. The minimum absolute atomic E-state index is 0.00491. The molecule has 2 rings (SSSR count). The third-order valence-corrected chi connectivity index (χ3v) is 3.11. The number of carbonyl (C=O) groups excluding carboxylic acids is 1. The van der Waals surface area contributed by atoms with Gasteiger partial charge in [-0.25, -0.2) is 0 Å². The van der Waals surface area contributed by atoms with Crippen molar-refractivity contribution in [3.05, 3.63) is 16.2 Å². The molecule has 0 radical (unpaired) electrons. The van der Waals surface area contributed by atoms with Gasteiger partial charge in [-0.2, -0.15) is 0 Å². The van der Waals surface area contributed by atoms with Crippen molar-refractivity contribution in [1.29, 1.82) is 0 Å². The Morgan fingerprint density at radius 3 is 2.82 bits per heavy atom. The summed E-state index contributed by atoms with van der Waals surface area (Å²) in [6.45, 7) is 1.52. The second kappa shape index (κ2) is 4.65. The van der Waals surface area contributed by atoms with E-state index >= 15 is 0 Å². The minimum atomic E-state index is -0.386. The molecule has 17 heavy (non-hydrogen) atoms. The van der Waals surface area contributed by atoms with Crippen LogP contribution in [-0.4, -0.2) is 27.6 Å². The molecule has 0 bridgehead atoms. The zero-order chi connectivity index (χ0) is 12.4. The lowest BCUT2D eigenvalue weighted by Crippen LogP contribution is -2.33. The number of aromatic nitrogens is 3. The molecule has 1 aliphatic rings. The third kappa shape index (κ3) is 2.07. The van der Waals surface area contributed by atoms with Crippen LogP contribution in [0.15, 0.2) is 4.79 Å². The van der Waals surface area contributed by atoms with Crippen LogP contribution >= 0.6 is 0 Å². The van der Waals surface area contributed by atoms with Gasteiger partial charge in [-0.15, -0.1) is 10.2 Å². The molecule has 0 amide bonds. The topological polar surface area (TPSA) is 76.9 Å². The van der Waals surface area contributed by atoms with Crippen molar-refractivity contribution in [3.8, 4) is 0 Å². The number of Topliss-reactive ketones (excluding diaryl/α,β-unsaturated/α-hetero) is 1. The summed E-state index contributed by atoms with van der Waals surface area (Å²) in [4.78, 5) is 23.8. The summed E-state index contributed by atoms with van der Waals surface area (Å²) in [7, 11) is 1.62. The monoisotopic (exact) mass is 236 g/mol. The van der Waals surface area contributed by atoms with E-state index in [4.69, 9.17) is 0 Å². The molecule has 0 saturated carbocycles. The van der Waals surface area contributed by atoms with Crippen LogP contribution in [0, 0.1) is 0 Å². The van der Waals surface area contributed by atoms with Crippen LogP contribution in [0.1, 0.15) is 38.1 Å². The zero-order valence-electron chi connectivity index (χ0n) is 10.1. The third-order valence-electron chi connectivity index (χ3n) is 3.11. The number of hydrogen-bond donors (Lipinski definition) is 1. The van der Waals surface area contributed by atoms with E-state index in [1.807, 2.05) is 0 Å². The zero-order valence-corrected chi connectivity index (χ0v) is 10.1. The Bertz CT molecular complexity index is 495. The van der Waals surface area contributed by atoms with Crippen molar-refractivity contribution < 1.29 is 4.79 Å². The van der Waals surface area contributed by atoms with Crippen LogP contribution in [0.3, 0.4) is 0 Å². The first-order valence-corrected chi connectivity index (χ1v) is 5.81. The van der Waals surface area contributed by atoms with E-state index in [1.54, 1.807) is 7.05 Å². The molecule has 0 aliphatic carbocycles. The molecule has 0 spiro atoms. The Balaban J connectivity index is 2.61. The van der Waals surface area contributed by atoms with E-state index < -0.39 is 0 Å². The number of hydrogen-bond acceptors (Lipinski definition) is 5. The molecule has 1 aromatic heterocycles. The van der Waals surface area contributed by atoms with Crippen LogP contribution in [0.5, 0.6) is 0 Å². The average Bonchev–Trinajstić information content (AvgIpc) is 2.52. The standard InChI is InChI=1S/C11H16N4O2/c1-7(16)8-5-3-4-6-9-13-14-10(12-2)11(17)15(8)9/h8H,3-6H2,1-2H3,(H,12,14). The second-order valence-corrected chi connectivity index (χ2v) is 4.26. The lowest BCUT2D eigenvalue weighted by Gasteiger charge is -2.17. The van der Waals surface area contributed by atoms with Gasteiger partial charge >= 0.3 is 0 Å². The summed E-state index contributed by atoms with van der Waals surface area (Å²) in [5.41, 5.74) is -0.250. The molecule has 0 aromatic carbocycles. The molecule has 2 heterocycles. The normalized spacial score (nSPS) is 19.3. The van der Waals surface area contributed by atoms with Gasteiger partial charge in [0, 0.05) is 13.5 Å². The van der Waals surface area contributed by atoms with E-state index in [0.29, 0.717) is 18.7 Å². The highest BCUT2D eigenvalue weighted by Gasteiger charge is 2.25. The van der Waals surface area contributed by atoms with Crippen molar-refractivity contribution >= 4 is 11.6 Å². The molecular weight excluding hydrogens is 220 g/mol. The van der Waals surface area contributed by atoms with Gasteiger partial charge in [-0.05, 0) is 19.8 Å². The lowest BCUT2D eigenvalue weighted by molar-refractivity contribution is -0.120. The van der Waals surface area contributed by atoms with Gasteiger partial charge in [0.05, 0.1) is 6.04 Å². The van der Waals surface area contributed by atoms with Crippen molar-refractivity contribution in [3.63, 3.8) is 0 Å². The van der Waals surface area contributed by atoms with E-state index in [0.717, 1.165) is 12.8 Å². The van der Waals surface area contributed by atoms with Crippen LogP contribution < -0.4 is 10.9 Å². The summed E-state index contributed by atoms with van der Waals surface area (Å²) in [6.07, 6.45) is 3.28. The molecule has 6 heteroatoms. The van der Waals surface area contributed by atoms with Crippen LogP contribution in [0.4, 0.5) is 5.82 Å². The number of nitrogens with one attached hydrogen (secondary N) is 1. The number of ketones is 1. The predicted octanol–water partition coefficient (Wildman–Crippen LogP) is 0.536. The molecule has 1 N–H and O–H groups in total. The van der Waals surface area contributed by atoms with E-state index in [2.05, 4.69) is 15.5 Å². The Kier molecular flexibility index (Phi) is 3.21. The molecule has 6 nitrogen and oxygen atoms in total. The van der Waals surface area contributed by atoms with Gasteiger partial charge in [-0.1, -0.05) is 6.42 Å². The predicted molar refractivity (Wildman–Crippen MR) is 63.1 cm³/mol. The maximum atomic E-state index is 12.2. The maximum Gasteiger partial charge on any atom is 0.297 e. The van der Waals surface area contributed by atoms with Crippen LogP contribution in [0.2, 0.25) is 0 Å². The number of nitrogens with zero attached hydrogens (tertiary/aromatic N) is 3. The van der Waals surface area contributed by atoms with Gasteiger partial charge in [-0.3, -0.25) is 14.2 Å². The summed E-state index contributed by atoms with van der Waals surface area (Å²) in [5.74, 6) is 0.818. The van der Waals surface area contributed by atoms with Gasteiger partial charge < -0.3 is 5.32 Å². The summed E-state index contributed by atoms with van der Waals surface area (Å²) in [5, 5.41) is 10.6. The Hall–Kier alpha value is -1.72. The molecule has 1 aliphatic heterocycles. The SMILES string of the molecule is CNc1nnc2n(c1=O)C(C(C)=O)CCCC2. The van der Waals surface area contributed by atoms with Gasteiger partial charge in [0.2, 0.25) is 5.82 Å². The van der Waals surface area contributed by atoms with Crippen molar-refractivity contribution in [2.75, 3.05) is 12.4 Å². The maximum absolute atomic E-state index is 12.2. The Morgan fingerprint density at radius 2 is 2.18 bits per heavy atom.